The highest BCUT2D eigenvalue weighted by atomic mass is 32.1. The Kier molecular flexibility index (Phi) is 2.49. The van der Waals surface area contributed by atoms with Crippen LogP contribution in [0.25, 0.3) is 0 Å². The van der Waals surface area contributed by atoms with E-state index in [0.29, 0.717) is 11.0 Å². The lowest BCUT2D eigenvalue weighted by atomic mass is 9.83. The van der Waals surface area contributed by atoms with Crippen molar-refractivity contribution in [1.82, 2.24) is 10.2 Å². The maximum Gasteiger partial charge on any atom is 0.203 e. The smallest absolute Gasteiger partial charge is 0.203 e. The van der Waals surface area contributed by atoms with Gasteiger partial charge in [0.25, 0.3) is 0 Å². The summed E-state index contributed by atoms with van der Waals surface area (Å²) < 4.78 is 0. The Morgan fingerprint density at radius 1 is 1.38 bits per heavy atom. The van der Waals surface area contributed by atoms with Crippen molar-refractivity contribution in [3.8, 4) is 0 Å². The number of nitrogens with zero attached hydrogens (tertiary/aromatic N) is 2. The molecule has 2 atom stereocenters. The van der Waals surface area contributed by atoms with E-state index in [1.165, 1.54) is 25.7 Å². The molecule has 1 aliphatic carbocycles. The minimum absolute atomic E-state index is 0.605. The zero-order valence-electron chi connectivity index (χ0n) is 7.86. The SMILES string of the molecule is C[C@H]1CCCC(c2nnc(N)s2)C1. The highest BCUT2D eigenvalue weighted by Gasteiger charge is 2.23. The normalized spacial score (nSPS) is 29.0. The van der Waals surface area contributed by atoms with Crippen molar-refractivity contribution >= 4 is 16.5 Å². The van der Waals surface area contributed by atoms with Crippen LogP contribution >= 0.6 is 11.3 Å². The molecular formula is C9H15N3S. The molecule has 3 nitrogen and oxygen atoms in total. The Morgan fingerprint density at radius 3 is 2.85 bits per heavy atom. The number of hydrogen-bond donors (Lipinski definition) is 1. The molecule has 0 amide bonds. The largest absolute Gasteiger partial charge is 0.374 e. The molecule has 2 rings (SSSR count). The van der Waals surface area contributed by atoms with Crippen LogP contribution in [0, 0.1) is 5.92 Å². The first kappa shape index (κ1) is 8.94. The summed E-state index contributed by atoms with van der Waals surface area (Å²) in [5.74, 6) is 1.46. The average molecular weight is 197 g/mol. The third-order valence-corrected chi connectivity index (χ3v) is 3.66. The molecule has 4 heteroatoms. The van der Waals surface area contributed by atoms with E-state index in [9.17, 15) is 0 Å². The van der Waals surface area contributed by atoms with Gasteiger partial charge in [-0.2, -0.15) is 0 Å². The van der Waals surface area contributed by atoms with E-state index < -0.39 is 0 Å². The van der Waals surface area contributed by atoms with Crippen LogP contribution in [0.5, 0.6) is 0 Å². The lowest BCUT2D eigenvalue weighted by Gasteiger charge is -2.24. The predicted molar refractivity (Wildman–Crippen MR) is 54.7 cm³/mol. The van der Waals surface area contributed by atoms with Gasteiger partial charge in [0.15, 0.2) is 0 Å². The first-order chi connectivity index (χ1) is 6.25. The molecule has 0 bridgehead atoms. The average Bonchev–Trinajstić information content (AvgIpc) is 2.52. The fraction of sp³-hybridized carbons (Fsp3) is 0.778. The topological polar surface area (TPSA) is 51.8 Å². The van der Waals surface area contributed by atoms with Gasteiger partial charge in [-0.3, -0.25) is 0 Å². The molecule has 2 N–H and O–H groups in total. The second-order valence-corrected chi connectivity index (χ2v) is 4.99. The van der Waals surface area contributed by atoms with Crippen molar-refractivity contribution in [1.29, 1.82) is 0 Å². The van der Waals surface area contributed by atoms with E-state index in [4.69, 9.17) is 5.73 Å². The summed E-state index contributed by atoms with van der Waals surface area (Å²) in [5.41, 5.74) is 5.56. The zero-order chi connectivity index (χ0) is 9.26. The Balaban J connectivity index is 2.08. The third kappa shape index (κ3) is 1.99. The summed E-state index contributed by atoms with van der Waals surface area (Å²) in [4.78, 5) is 0. The van der Waals surface area contributed by atoms with Gasteiger partial charge in [-0.15, -0.1) is 10.2 Å². The summed E-state index contributed by atoms with van der Waals surface area (Å²) in [6.07, 6.45) is 5.21. The minimum atomic E-state index is 0.605. The minimum Gasteiger partial charge on any atom is -0.374 e. The molecule has 13 heavy (non-hydrogen) atoms. The Morgan fingerprint density at radius 2 is 2.23 bits per heavy atom. The number of aromatic nitrogens is 2. The Labute approximate surface area is 82.4 Å². The molecule has 1 aromatic rings. The van der Waals surface area contributed by atoms with Gasteiger partial charge in [-0.05, 0) is 18.8 Å². The molecule has 1 aliphatic rings. The Bertz CT molecular complexity index is 284. The molecule has 1 aromatic heterocycles. The summed E-state index contributed by atoms with van der Waals surface area (Å²) in [6, 6.07) is 0. The number of nitrogen functional groups attached to an aromatic ring is 1. The standard InChI is InChI=1S/C9H15N3S/c1-6-3-2-4-7(5-6)8-11-12-9(10)13-8/h6-7H,2-5H2,1H3,(H2,10,12)/t6-,7?/m0/s1. The van der Waals surface area contributed by atoms with Gasteiger partial charge in [-0.25, -0.2) is 0 Å². The number of hydrogen-bond acceptors (Lipinski definition) is 4. The summed E-state index contributed by atoms with van der Waals surface area (Å²) >= 11 is 1.55. The number of rotatable bonds is 1. The fourth-order valence-electron chi connectivity index (χ4n) is 2.07. The van der Waals surface area contributed by atoms with E-state index in [0.717, 1.165) is 10.9 Å². The van der Waals surface area contributed by atoms with E-state index >= 15 is 0 Å². The molecule has 72 valence electrons. The van der Waals surface area contributed by atoms with Crippen molar-refractivity contribution in [2.24, 2.45) is 5.92 Å². The lowest BCUT2D eigenvalue weighted by Crippen LogP contribution is -2.11. The molecule has 0 saturated heterocycles. The van der Waals surface area contributed by atoms with Crippen molar-refractivity contribution in [2.45, 2.75) is 38.5 Å². The van der Waals surface area contributed by atoms with Crippen molar-refractivity contribution in [3.05, 3.63) is 5.01 Å². The van der Waals surface area contributed by atoms with Crippen LogP contribution in [0.3, 0.4) is 0 Å². The molecule has 0 spiro atoms. The van der Waals surface area contributed by atoms with Crippen molar-refractivity contribution in [3.63, 3.8) is 0 Å². The molecular weight excluding hydrogens is 182 g/mol. The van der Waals surface area contributed by atoms with Gasteiger partial charge >= 0.3 is 0 Å². The number of anilines is 1. The molecule has 0 radical (unpaired) electrons. The van der Waals surface area contributed by atoms with Gasteiger partial charge in [-0.1, -0.05) is 31.1 Å². The monoisotopic (exact) mass is 197 g/mol. The summed E-state index contributed by atoms with van der Waals surface area (Å²) in [6.45, 7) is 2.32. The third-order valence-electron chi connectivity index (χ3n) is 2.74. The molecule has 0 aromatic carbocycles. The molecule has 1 heterocycles. The van der Waals surface area contributed by atoms with Gasteiger partial charge < -0.3 is 5.73 Å². The van der Waals surface area contributed by atoms with Crippen LogP contribution in [-0.2, 0) is 0 Å². The van der Waals surface area contributed by atoms with Crippen LogP contribution in [0.15, 0.2) is 0 Å². The van der Waals surface area contributed by atoms with Gasteiger partial charge in [0.05, 0.1) is 0 Å². The van der Waals surface area contributed by atoms with Crippen molar-refractivity contribution < 1.29 is 0 Å². The first-order valence-corrected chi connectivity index (χ1v) is 5.66. The lowest BCUT2D eigenvalue weighted by molar-refractivity contribution is 0.342. The second kappa shape index (κ2) is 3.62. The highest BCUT2D eigenvalue weighted by Crippen LogP contribution is 2.37. The maximum atomic E-state index is 5.56. The van der Waals surface area contributed by atoms with Crippen LogP contribution in [0.4, 0.5) is 5.13 Å². The van der Waals surface area contributed by atoms with E-state index in [-0.39, 0.29) is 0 Å². The summed E-state index contributed by atoms with van der Waals surface area (Å²) in [5, 5.41) is 9.73. The van der Waals surface area contributed by atoms with E-state index in [2.05, 4.69) is 17.1 Å². The van der Waals surface area contributed by atoms with Crippen LogP contribution in [0.1, 0.15) is 43.5 Å². The number of nitrogens with two attached hydrogens (primary N) is 1. The van der Waals surface area contributed by atoms with E-state index in [1.807, 2.05) is 0 Å². The fourth-order valence-corrected chi connectivity index (χ4v) is 2.83. The maximum absolute atomic E-state index is 5.56. The van der Waals surface area contributed by atoms with Gasteiger partial charge in [0.1, 0.15) is 5.01 Å². The zero-order valence-corrected chi connectivity index (χ0v) is 8.68. The van der Waals surface area contributed by atoms with Crippen molar-refractivity contribution in [2.75, 3.05) is 5.73 Å². The highest BCUT2D eigenvalue weighted by molar-refractivity contribution is 7.15. The van der Waals surface area contributed by atoms with Gasteiger partial charge in [0, 0.05) is 5.92 Å². The van der Waals surface area contributed by atoms with Crippen LogP contribution in [0.2, 0.25) is 0 Å². The van der Waals surface area contributed by atoms with Crippen LogP contribution < -0.4 is 5.73 Å². The quantitative estimate of drug-likeness (QED) is 0.752. The summed E-state index contributed by atoms with van der Waals surface area (Å²) in [7, 11) is 0. The Hall–Kier alpha value is -0.640. The van der Waals surface area contributed by atoms with Gasteiger partial charge in [0.2, 0.25) is 5.13 Å². The van der Waals surface area contributed by atoms with Crippen LogP contribution in [-0.4, -0.2) is 10.2 Å². The molecule has 1 fully saturated rings. The first-order valence-electron chi connectivity index (χ1n) is 4.84. The molecule has 0 aliphatic heterocycles. The van der Waals surface area contributed by atoms with E-state index in [1.54, 1.807) is 11.3 Å². The predicted octanol–water partition coefficient (Wildman–Crippen LogP) is 2.41. The second-order valence-electron chi connectivity index (χ2n) is 3.95. The molecule has 1 unspecified atom stereocenters. The molecule has 1 saturated carbocycles.